The molecular formula is C25H31N5O2. The molecule has 168 valence electrons. The minimum atomic E-state index is 0.0325. The van der Waals surface area contributed by atoms with E-state index < -0.39 is 0 Å². The maximum absolute atomic E-state index is 13.0. The lowest BCUT2D eigenvalue weighted by atomic mass is 9.77. The van der Waals surface area contributed by atoms with Crippen molar-refractivity contribution in [2.75, 3.05) is 26.2 Å². The van der Waals surface area contributed by atoms with Crippen molar-refractivity contribution in [2.24, 2.45) is 10.4 Å². The number of nitrogens with one attached hydrogen (secondary N) is 2. The van der Waals surface area contributed by atoms with Crippen molar-refractivity contribution in [1.82, 2.24) is 15.1 Å². The van der Waals surface area contributed by atoms with E-state index in [1.807, 2.05) is 17.9 Å². The first-order valence-electron chi connectivity index (χ1n) is 11.5. The van der Waals surface area contributed by atoms with E-state index in [1.54, 1.807) is 6.08 Å². The topological polar surface area (TPSA) is 81.0 Å². The van der Waals surface area contributed by atoms with Crippen molar-refractivity contribution in [2.45, 2.75) is 45.6 Å². The largest absolute Gasteiger partial charge is 0.493 e. The molecule has 0 bridgehead atoms. The van der Waals surface area contributed by atoms with Crippen molar-refractivity contribution in [3.8, 4) is 5.75 Å². The van der Waals surface area contributed by atoms with Gasteiger partial charge >= 0.3 is 0 Å². The Morgan fingerprint density at radius 2 is 2.12 bits per heavy atom. The molecule has 0 aliphatic carbocycles. The second kappa shape index (κ2) is 8.20. The molecular weight excluding hydrogens is 402 g/mol. The number of ether oxygens (including phenoxy) is 1. The molecule has 1 aromatic carbocycles. The lowest BCUT2D eigenvalue weighted by Gasteiger charge is -2.41. The first kappa shape index (κ1) is 20.9. The fourth-order valence-electron chi connectivity index (χ4n) is 5.41. The van der Waals surface area contributed by atoms with Crippen LogP contribution in [0.5, 0.6) is 5.75 Å². The zero-order valence-electron chi connectivity index (χ0n) is 18.9. The smallest absolute Gasteiger partial charge is 0.228 e. The van der Waals surface area contributed by atoms with Crippen LogP contribution >= 0.6 is 0 Å². The molecule has 7 heteroatoms. The van der Waals surface area contributed by atoms with Gasteiger partial charge in [0.1, 0.15) is 17.4 Å². The molecule has 4 aliphatic heterocycles. The summed E-state index contributed by atoms with van der Waals surface area (Å²) >= 11 is 0. The Bertz CT molecular complexity index is 1030. The van der Waals surface area contributed by atoms with Gasteiger partial charge in [-0.15, -0.1) is 0 Å². The first-order chi connectivity index (χ1) is 15.5. The molecule has 0 unspecified atom stereocenters. The molecule has 0 aromatic heterocycles. The summed E-state index contributed by atoms with van der Waals surface area (Å²) in [7, 11) is 0. The lowest BCUT2D eigenvalue weighted by molar-refractivity contribution is -0.126. The number of rotatable bonds is 4. The minimum Gasteiger partial charge on any atom is -0.493 e. The Morgan fingerprint density at radius 1 is 1.31 bits per heavy atom. The van der Waals surface area contributed by atoms with Crippen LogP contribution in [0, 0.1) is 10.8 Å². The Balaban J connectivity index is 1.25. The Kier molecular flexibility index (Phi) is 5.37. The van der Waals surface area contributed by atoms with Gasteiger partial charge in [-0.3, -0.25) is 14.6 Å². The van der Waals surface area contributed by atoms with Gasteiger partial charge in [-0.25, -0.2) is 4.99 Å². The van der Waals surface area contributed by atoms with E-state index in [0.29, 0.717) is 18.3 Å². The third-order valence-electron chi connectivity index (χ3n) is 7.36. The van der Waals surface area contributed by atoms with Gasteiger partial charge in [-0.2, -0.15) is 0 Å². The SMILES string of the molecule is CC1=N/C(=C/C=N)NC(N2CC3(CCN([C@@H](C)c4ccc5c(c4)OCC5)CC3)CC2=O)=C1. The van der Waals surface area contributed by atoms with Crippen LogP contribution in [0.1, 0.15) is 50.3 Å². The summed E-state index contributed by atoms with van der Waals surface area (Å²) in [5.41, 5.74) is 3.49. The highest BCUT2D eigenvalue weighted by Crippen LogP contribution is 2.44. The van der Waals surface area contributed by atoms with Crippen molar-refractivity contribution >= 4 is 17.8 Å². The quantitative estimate of drug-likeness (QED) is 0.714. The van der Waals surface area contributed by atoms with E-state index in [9.17, 15) is 4.79 Å². The number of hydrogen-bond donors (Lipinski definition) is 2. The number of aliphatic imine (C=N–C) groups is 1. The summed E-state index contributed by atoms with van der Waals surface area (Å²) in [6, 6.07) is 7.01. The molecule has 4 aliphatic rings. The van der Waals surface area contributed by atoms with Crippen LogP contribution < -0.4 is 10.1 Å². The van der Waals surface area contributed by atoms with E-state index in [2.05, 4.69) is 40.3 Å². The zero-order valence-corrected chi connectivity index (χ0v) is 18.9. The summed E-state index contributed by atoms with van der Waals surface area (Å²) in [4.78, 5) is 21.8. The molecule has 2 fully saturated rings. The number of carbonyl (C=O) groups is 1. The van der Waals surface area contributed by atoms with Crippen LogP contribution in [-0.2, 0) is 11.2 Å². The zero-order chi connectivity index (χ0) is 22.3. The Morgan fingerprint density at radius 3 is 2.91 bits per heavy atom. The molecule has 1 aromatic rings. The minimum absolute atomic E-state index is 0.0325. The van der Waals surface area contributed by atoms with E-state index in [-0.39, 0.29) is 11.3 Å². The molecule has 32 heavy (non-hydrogen) atoms. The van der Waals surface area contributed by atoms with E-state index in [1.165, 1.54) is 17.3 Å². The number of allylic oxidation sites excluding steroid dienone is 2. The van der Waals surface area contributed by atoms with Gasteiger partial charge in [-0.1, -0.05) is 12.1 Å². The molecule has 4 heterocycles. The van der Waals surface area contributed by atoms with Crippen LogP contribution in [0.15, 0.2) is 47.0 Å². The van der Waals surface area contributed by atoms with Crippen molar-refractivity contribution < 1.29 is 9.53 Å². The van der Waals surface area contributed by atoms with Crippen molar-refractivity contribution in [3.63, 3.8) is 0 Å². The van der Waals surface area contributed by atoms with Crippen LogP contribution in [-0.4, -0.2) is 53.9 Å². The lowest BCUT2D eigenvalue weighted by Crippen LogP contribution is -2.43. The molecule has 1 amide bonds. The average molecular weight is 434 g/mol. The number of fused-ring (bicyclic) bond motifs is 1. The molecule has 2 N–H and O–H groups in total. The number of nitrogens with zero attached hydrogens (tertiary/aromatic N) is 3. The Hall–Kier alpha value is -2.93. The molecule has 5 rings (SSSR count). The van der Waals surface area contributed by atoms with Crippen molar-refractivity contribution in [1.29, 1.82) is 5.41 Å². The monoisotopic (exact) mass is 433 g/mol. The normalized spacial score (nSPS) is 24.6. The molecule has 1 spiro atoms. The third kappa shape index (κ3) is 3.86. The second-order valence-corrected chi connectivity index (χ2v) is 9.46. The van der Waals surface area contributed by atoms with Crippen LogP contribution in [0.3, 0.4) is 0 Å². The fraction of sp³-hybridized carbons (Fsp3) is 0.480. The van der Waals surface area contributed by atoms with Gasteiger partial charge in [0, 0.05) is 43.4 Å². The summed E-state index contributed by atoms with van der Waals surface area (Å²) in [6.45, 7) is 7.71. The maximum Gasteiger partial charge on any atom is 0.228 e. The molecule has 1 atom stereocenters. The van der Waals surface area contributed by atoms with Gasteiger partial charge in [0.05, 0.1) is 6.61 Å². The van der Waals surface area contributed by atoms with Gasteiger partial charge in [-0.05, 0) is 68.5 Å². The van der Waals surface area contributed by atoms with E-state index in [4.69, 9.17) is 10.1 Å². The third-order valence-corrected chi connectivity index (χ3v) is 7.36. The van der Waals surface area contributed by atoms with Crippen LogP contribution in [0.2, 0.25) is 0 Å². The van der Waals surface area contributed by atoms with Gasteiger partial charge in [0.2, 0.25) is 5.91 Å². The fourth-order valence-corrected chi connectivity index (χ4v) is 5.41. The number of likely N-dealkylation sites (tertiary alicyclic amines) is 2. The number of carbonyl (C=O) groups excluding carboxylic acids is 1. The number of benzene rings is 1. The molecule has 7 nitrogen and oxygen atoms in total. The van der Waals surface area contributed by atoms with Crippen LogP contribution in [0.25, 0.3) is 0 Å². The Labute approximate surface area is 189 Å². The number of amides is 1. The second-order valence-electron chi connectivity index (χ2n) is 9.46. The van der Waals surface area contributed by atoms with Gasteiger partial charge in [0.25, 0.3) is 0 Å². The van der Waals surface area contributed by atoms with Crippen molar-refractivity contribution in [3.05, 3.63) is 53.1 Å². The standard InChI is InChI=1S/C25H31N5O2/c1-17-13-23(28-22(27-17)5-9-26)30-16-25(15-24(30)31)7-10-29(11-8-25)18(2)20-4-3-19-6-12-32-21(19)14-20/h3-5,9,13-14,18,26,28H,6-8,10-12,15-16H2,1-2H3/b22-5-,26-9?/t18-/m0/s1. The number of piperidine rings is 1. The molecule has 0 radical (unpaired) electrons. The van der Waals surface area contributed by atoms with Gasteiger partial charge < -0.3 is 15.5 Å². The van der Waals surface area contributed by atoms with Gasteiger partial charge in [0.15, 0.2) is 0 Å². The summed E-state index contributed by atoms with van der Waals surface area (Å²) in [5.74, 6) is 2.60. The van der Waals surface area contributed by atoms with Crippen LogP contribution in [0.4, 0.5) is 0 Å². The van der Waals surface area contributed by atoms with E-state index >= 15 is 0 Å². The molecule has 0 saturated carbocycles. The predicted octanol–water partition coefficient (Wildman–Crippen LogP) is 3.39. The highest BCUT2D eigenvalue weighted by atomic mass is 16.5. The highest BCUT2D eigenvalue weighted by Gasteiger charge is 2.46. The summed E-state index contributed by atoms with van der Waals surface area (Å²) in [6.07, 6.45) is 8.38. The first-order valence-corrected chi connectivity index (χ1v) is 11.5. The summed E-state index contributed by atoms with van der Waals surface area (Å²) < 4.78 is 5.77. The van der Waals surface area contributed by atoms with E-state index in [0.717, 1.165) is 62.8 Å². The number of hydrogen-bond acceptors (Lipinski definition) is 6. The summed E-state index contributed by atoms with van der Waals surface area (Å²) in [5, 5.41) is 10.5. The predicted molar refractivity (Wildman–Crippen MR) is 125 cm³/mol. The molecule has 2 saturated heterocycles. The average Bonchev–Trinajstić information content (AvgIpc) is 3.37. The maximum atomic E-state index is 13.0. The highest BCUT2D eigenvalue weighted by molar-refractivity contribution is 5.96.